The summed E-state index contributed by atoms with van der Waals surface area (Å²) in [5, 5.41) is 0.545. The van der Waals surface area contributed by atoms with Crippen LogP contribution in [0.25, 0.3) is 0 Å². The molecule has 26 heavy (non-hydrogen) atoms. The van der Waals surface area contributed by atoms with Gasteiger partial charge in [-0.2, -0.15) is 4.31 Å². The highest BCUT2D eigenvalue weighted by atomic mass is 35.5. The van der Waals surface area contributed by atoms with E-state index in [1.807, 2.05) is 18.2 Å². The van der Waals surface area contributed by atoms with Gasteiger partial charge in [0.15, 0.2) is 0 Å². The van der Waals surface area contributed by atoms with Gasteiger partial charge in [0.1, 0.15) is 0 Å². The van der Waals surface area contributed by atoms with Crippen LogP contribution in [0.3, 0.4) is 0 Å². The van der Waals surface area contributed by atoms with Crippen molar-refractivity contribution in [2.75, 3.05) is 19.6 Å². The Kier molecular flexibility index (Phi) is 5.06. The molecule has 1 aliphatic carbocycles. The van der Waals surface area contributed by atoms with E-state index in [2.05, 4.69) is 17.0 Å². The predicted molar refractivity (Wildman–Crippen MR) is 104 cm³/mol. The van der Waals surface area contributed by atoms with Gasteiger partial charge in [0, 0.05) is 36.7 Å². The maximum atomic E-state index is 13.3. The third-order valence-corrected chi connectivity index (χ3v) is 7.48. The highest BCUT2D eigenvalue weighted by Gasteiger charge is 2.40. The second-order valence-electron chi connectivity index (χ2n) is 7.14. The number of halogens is 1. The second kappa shape index (κ2) is 7.31. The molecule has 1 aliphatic heterocycles. The van der Waals surface area contributed by atoms with E-state index >= 15 is 0 Å². The monoisotopic (exact) mass is 390 g/mol. The Hall–Kier alpha value is -1.40. The van der Waals surface area contributed by atoms with Crippen molar-refractivity contribution in [3.8, 4) is 0 Å². The van der Waals surface area contributed by atoms with Crippen LogP contribution < -0.4 is 0 Å². The van der Waals surface area contributed by atoms with E-state index in [-0.39, 0.29) is 6.04 Å². The van der Waals surface area contributed by atoms with E-state index in [4.69, 9.17) is 11.6 Å². The van der Waals surface area contributed by atoms with E-state index in [1.54, 1.807) is 28.6 Å². The highest BCUT2D eigenvalue weighted by Crippen LogP contribution is 2.31. The summed E-state index contributed by atoms with van der Waals surface area (Å²) in [5.41, 5.74) is 1.17. The van der Waals surface area contributed by atoms with Crippen molar-refractivity contribution < 1.29 is 8.42 Å². The van der Waals surface area contributed by atoms with Crippen LogP contribution in [-0.4, -0.2) is 49.3 Å². The molecule has 1 heterocycles. The van der Waals surface area contributed by atoms with Crippen LogP contribution in [0.5, 0.6) is 0 Å². The van der Waals surface area contributed by atoms with Crippen LogP contribution in [0.2, 0.25) is 5.02 Å². The van der Waals surface area contributed by atoms with Gasteiger partial charge in [-0.25, -0.2) is 8.42 Å². The fourth-order valence-electron chi connectivity index (χ4n) is 3.74. The molecule has 2 fully saturated rings. The molecule has 4 nitrogen and oxygen atoms in total. The SMILES string of the molecule is O=S(=O)(c1ccc(Cl)cc1)N1CCN(C2CC2)CC1Cc1ccccc1. The topological polar surface area (TPSA) is 40.6 Å². The lowest BCUT2D eigenvalue weighted by Crippen LogP contribution is -2.56. The molecule has 0 aromatic heterocycles. The third kappa shape index (κ3) is 3.81. The smallest absolute Gasteiger partial charge is 0.243 e. The molecule has 6 heteroatoms. The summed E-state index contributed by atoms with van der Waals surface area (Å²) >= 11 is 5.93. The number of benzene rings is 2. The fourth-order valence-corrected chi connectivity index (χ4v) is 5.48. The maximum Gasteiger partial charge on any atom is 0.243 e. The van der Waals surface area contributed by atoms with Crippen molar-refractivity contribution in [3.05, 3.63) is 65.2 Å². The van der Waals surface area contributed by atoms with Gasteiger partial charge >= 0.3 is 0 Å². The molecule has 1 saturated carbocycles. The number of piperazine rings is 1. The quantitative estimate of drug-likeness (QED) is 0.785. The number of rotatable bonds is 5. The average molecular weight is 391 g/mol. The summed E-state index contributed by atoms with van der Waals surface area (Å²) in [4.78, 5) is 2.78. The zero-order valence-corrected chi connectivity index (χ0v) is 16.2. The molecule has 4 rings (SSSR count). The molecule has 0 spiro atoms. The van der Waals surface area contributed by atoms with Crippen molar-refractivity contribution in [1.82, 2.24) is 9.21 Å². The van der Waals surface area contributed by atoms with E-state index < -0.39 is 10.0 Å². The molecule has 0 radical (unpaired) electrons. The van der Waals surface area contributed by atoms with Gasteiger partial charge in [0.25, 0.3) is 0 Å². The first-order valence-electron chi connectivity index (χ1n) is 9.09. The van der Waals surface area contributed by atoms with Crippen LogP contribution in [0, 0.1) is 0 Å². The van der Waals surface area contributed by atoms with E-state index in [0.717, 1.165) is 19.5 Å². The molecule has 2 aromatic carbocycles. The molecule has 1 unspecified atom stereocenters. The Morgan fingerprint density at radius 2 is 1.65 bits per heavy atom. The first-order chi connectivity index (χ1) is 12.5. The minimum atomic E-state index is -3.53. The molecule has 2 aromatic rings. The van der Waals surface area contributed by atoms with Crippen LogP contribution in [0.15, 0.2) is 59.5 Å². The van der Waals surface area contributed by atoms with E-state index in [0.29, 0.717) is 22.5 Å². The zero-order chi connectivity index (χ0) is 18.1. The summed E-state index contributed by atoms with van der Waals surface area (Å²) in [7, 11) is -3.53. The minimum Gasteiger partial charge on any atom is -0.297 e. The Balaban J connectivity index is 1.62. The summed E-state index contributed by atoms with van der Waals surface area (Å²) in [6, 6.07) is 17.2. The van der Waals surface area contributed by atoms with E-state index in [9.17, 15) is 8.42 Å². The average Bonchev–Trinajstić information content (AvgIpc) is 3.48. The Bertz CT molecular complexity index is 851. The molecule has 0 bridgehead atoms. The third-order valence-electron chi connectivity index (χ3n) is 5.26. The van der Waals surface area contributed by atoms with Crippen molar-refractivity contribution in [2.45, 2.75) is 36.2 Å². The van der Waals surface area contributed by atoms with Crippen LogP contribution >= 0.6 is 11.6 Å². The molecule has 138 valence electrons. The molecule has 2 aliphatic rings. The Morgan fingerprint density at radius 1 is 0.962 bits per heavy atom. The van der Waals surface area contributed by atoms with Gasteiger partial charge in [0.2, 0.25) is 10.0 Å². The number of sulfonamides is 1. The van der Waals surface area contributed by atoms with Crippen molar-refractivity contribution >= 4 is 21.6 Å². The minimum absolute atomic E-state index is 0.0487. The normalized spacial score (nSPS) is 22.4. The van der Waals surface area contributed by atoms with Gasteiger partial charge in [-0.05, 0) is 49.1 Å². The van der Waals surface area contributed by atoms with Gasteiger partial charge in [-0.15, -0.1) is 0 Å². The standard InChI is InChI=1S/C20H23ClN2O2S/c21-17-6-10-20(11-7-17)26(24,25)23-13-12-22(18-8-9-18)15-19(23)14-16-4-2-1-3-5-16/h1-7,10-11,18-19H,8-9,12-15H2. The summed E-state index contributed by atoms with van der Waals surface area (Å²) < 4.78 is 28.2. The van der Waals surface area contributed by atoms with Crippen molar-refractivity contribution in [1.29, 1.82) is 0 Å². The maximum absolute atomic E-state index is 13.3. The predicted octanol–water partition coefficient (Wildman–Crippen LogP) is 3.42. The van der Waals surface area contributed by atoms with Gasteiger partial charge in [-0.1, -0.05) is 41.9 Å². The van der Waals surface area contributed by atoms with Gasteiger partial charge < -0.3 is 0 Å². The lowest BCUT2D eigenvalue weighted by molar-refractivity contribution is 0.128. The first kappa shape index (κ1) is 18.0. The lowest BCUT2D eigenvalue weighted by Gasteiger charge is -2.41. The van der Waals surface area contributed by atoms with Crippen LogP contribution in [0.1, 0.15) is 18.4 Å². The van der Waals surface area contributed by atoms with E-state index in [1.165, 1.54) is 18.4 Å². The van der Waals surface area contributed by atoms with Gasteiger partial charge in [-0.3, -0.25) is 4.90 Å². The Labute approximate surface area is 160 Å². The Morgan fingerprint density at radius 3 is 2.31 bits per heavy atom. The molecule has 0 amide bonds. The molecule has 1 atom stereocenters. The van der Waals surface area contributed by atoms with Crippen LogP contribution in [-0.2, 0) is 16.4 Å². The summed E-state index contributed by atoms with van der Waals surface area (Å²) in [6.07, 6.45) is 3.21. The van der Waals surface area contributed by atoms with Crippen molar-refractivity contribution in [2.24, 2.45) is 0 Å². The molecular weight excluding hydrogens is 368 g/mol. The molecule has 0 N–H and O–H groups in total. The zero-order valence-electron chi connectivity index (χ0n) is 14.6. The largest absolute Gasteiger partial charge is 0.297 e. The number of hydrogen-bond donors (Lipinski definition) is 0. The first-order valence-corrected chi connectivity index (χ1v) is 10.9. The van der Waals surface area contributed by atoms with Gasteiger partial charge in [0.05, 0.1) is 4.90 Å². The van der Waals surface area contributed by atoms with Crippen LogP contribution in [0.4, 0.5) is 0 Å². The molecular formula is C20H23ClN2O2S. The number of hydrogen-bond acceptors (Lipinski definition) is 3. The summed E-state index contributed by atoms with van der Waals surface area (Å²) in [6.45, 7) is 2.15. The second-order valence-corrected chi connectivity index (χ2v) is 9.47. The fraction of sp³-hybridized carbons (Fsp3) is 0.400. The number of nitrogens with zero attached hydrogens (tertiary/aromatic N) is 2. The highest BCUT2D eigenvalue weighted by molar-refractivity contribution is 7.89. The summed E-state index contributed by atoms with van der Waals surface area (Å²) in [5.74, 6) is 0. The molecule has 1 saturated heterocycles. The van der Waals surface area contributed by atoms with Crippen molar-refractivity contribution in [3.63, 3.8) is 0 Å². The lowest BCUT2D eigenvalue weighted by atomic mass is 10.0.